The van der Waals surface area contributed by atoms with Crippen molar-refractivity contribution < 1.29 is 14.3 Å². The Morgan fingerprint density at radius 2 is 2.19 bits per heavy atom. The molecule has 1 atom stereocenters. The molecular formula is C16H24N2O3. The highest BCUT2D eigenvalue weighted by Crippen LogP contribution is 2.27. The number of carbonyl (C=O) groups is 1. The van der Waals surface area contributed by atoms with E-state index in [0.717, 1.165) is 26.1 Å². The minimum Gasteiger partial charge on any atom is -0.497 e. The summed E-state index contributed by atoms with van der Waals surface area (Å²) in [5, 5.41) is 3.20. The Labute approximate surface area is 126 Å². The number of ether oxygens (including phenoxy) is 2. The molecule has 116 valence electrons. The molecule has 5 nitrogen and oxygen atoms in total. The largest absolute Gasteiger partial charge is 0.497 e. The average molecular weight is 292 g/mol. The first-order valence-corrected chi connectivity index (χ1v) is 7.35. The molecule has 1 amide bonds. The fourth-order valence-corrected chi connectivity index (χ4v) is 2.85. The SMILES string of the molecule is CNCC1CCCN(C(=O)c2ccc(OC)cc2OC)C1. The van der Waals surface area contributed by atoms with Crippen molar-refractivity contribution in [2.24, 2.45) is 5.92 Å². The first-order valence-electron chi connectivity index (χ1n) is 7.35. The Morgan fingerprint density at radius 3 is 2.86 bits per heavy atom. The lowest BCUT2D eigenvalue weighted by atomic mass is 9.97. The molecule has 0 bridgehead atoms. The van der Waals surface area contributed by atoms with Gasteiger partial charge in [0.15, 0.2) is 0 Å². The molecule has 1 unspecified atom stereocenters. The second-order valence-electron chi connectivity index (χ2n) is 5.38. The summed E-state index contributed by atoms with van der Waals surface area (Å²) in [6.07, 6.45) is 2.22. The maximum Gasteiger partial charge on any atom is 0.257 e. The number of nitrogens with zero attached hydrogens (tertiary/aromatic N) is 1. The quantitative estimate of drug-likeness (QED) is 0.899. The first kappa shape index (κ1) is 15.6. The van der Waals surface area contributed by atoms with Gasteiger partial charge in [-0.15, -0.1) is 0 Å². The number of rotatable bonds is 5. The number of hydrogen-bond donors (Lipinski definition) is 1. The first-order chi connectivity index (χ1) is 10.2. The summed E-state index contributed by atoms with van der Waals surface area (Å²) in [6.45, 7) is 2.56. The van der Waals surface area contributed by atoms with Gasteiger partial charge >= 0.3 is 0 Å². The monoisotopic (exact) mass is 292 g/mol. The minimum atomic E-state index is 0.0373. The number of benzene rings is 1. The molecule has 1 aliphatic heterocycles. The molecule has 1 N–H and O–H groups in total. The maximum atomic E-state index is 12.7. The van der Waals surface area contributed by atoms with Crippen LogP contribution in [0.5, 0.6) is 11.5 Å². The molecule has 0 spiro atoms. The number of methoxy groups -OCH3 is 2. The van der Waals surface area contributed by atoms with E-state index >= 15 is 0 Å². The van der Waals surface area contributed by atoms with Gasteiger partial charge in [0.1, 0.15) is 11.5 Å². The number of carbonyl (C=O) groups excluding carboxylic acids is 1. The summed E-state index contributed by atoms with van der Waals surface area (Å²) >= 11 is 0. The van der Waals surface area contributed by atoms with E-state index in [-0.39, 0.29) is 5.91 Å². The van der Waals surface area contributed by atoms with E-state index in [2.05, 4.69) is 5.32 Å². The van der Waals surface area contributed by atoms with Crippen LogP contribution in [-0.2, 0) is 0 Å². The normalized spacial score (nSPS) is 18.4. The number of likely N-dealkylation sites (tertiary alicyclic amines) is 1. The summed E-state index contributed by atoms with van der Waals surface area (Å²) in [4.78, 5) is 14.6. The van der Waals surface area contributed by atoms with Crippen molar-refractivity contribution >= 4 is 5.91 Å². The summed E-state index contributed by atoms with van der Waals surface area (Å²) in [7, 11) is 5.13. The zero-order valence-electron chi connectivity index (χ0n) is 13.0. The smallest absolute Gasteiger partial charge is 0.257 e. The molecule has 1 aliphatic rings. The standard InChI is InChI=1S/C16H24N2O3/c1-17-10-12-5-4-8-18(11-12)16(19)14-7-6-13(20-2)9-15(14)21-3/h6-7,9,12,17H,4-5,8,10-11H2,1-3H3. The second kappa shape index (κ2) is 7.31. The number of hydrogen-bond acceptors (Lipinski definition) is 4. The highest BCUT2D eigenvalue weighted by atomic mass is 16.5. The summed E-state index contributed by atoms with van der Waals surface area (Å²) in [6, 6.07) is 5.33. The minimum absolute atomic E-state index is 0.0373. The summed E-state index contributed by atoms with van der Waals surface area (Å²) in [5.41, 5.74) is 0.600. The van der Waals surface area contributed by atoms with Crippen LogP contribution in [-0.4, -0.2) is 51.7 Å². The van der Waals surface area contributed by atoms with Crippen LogP contribution in [0.25, 0.3) is 0 Å². The second-order valence-corrected chi connectivity index (χ2v) is 5.38. The molecular weight excluding hydrogens is 268 g/mol. The van der Waals surface area contributed by atoms with Gasteiger partial charge < -0.3 is 19.7 Å². The van der Waals surface area contributed by atoms with E-state index in [9.17, 15) is 4.79 Å². The lowest BCUT2D eigenvalue weighted by molar-refractivity contribution is 0.0671. The van der Waals surface area contributed by atoms with Gasteiger partial charge in [-0.2, -0.15) is 0 Å². The van der Waals surface area contributed by atoms with Crippen LogP contribution in [0.15, 0.2) is 18.2 Å². The molecule has 1 fully saturated rings. The molecule has 1 heterocycles. The Hall–Kier alpha value is -1.75. The van der Waals surface area contributed by atoms with E-state index in [0.29, 0.717) is 23.0 Å². The predicted octanol–water partition coefficient (Wildman–Crippen LogP) is 1.78. The molecule has 1 saturated heterocycles. The third-order valence-electron chi connectivity index (χ3n) is 3.94. The van der Waals surface area contributed by atoms with Crippen molar-refractivity contribution in [1.29, 1.82) is 0 Å². The molecule has 5 heteroatoms. The van der Waals surface area contributed by atoms with Crippen LogP contribution in [0.2, 0.25) is 0 Å². The molecule has 0 aromatic heterocycles. The van der Waals surface area contributed by atoms with Crippen molar-refractivity contribution in [3.05, 3.63) is 23.8 Å². The van der Waals surface area contributed by atoms with Gasteiger partial charge in [0, 0.05) is 19.2 Å². The zero-order valence-corrected chi connectivity index (χ0v) is 13.0. The molecule has 1 aromatic rings. The fraction of sp³-hybridized carbons (Fsp3) is 0.562. The maximum absolute atomic E-state index is 12.7. The zero-order chi connectivity index (χ0) is 15.2. The number of amides is 1. The predicted molar refractivity (Wildman–Crippen MR) is 82.1 cm³/mol. The van der Waals surface area contributed by atoms with Gasteiger partial charge in [-0.1, -0.05) is 0 Å². The fourth-order valence-electron chi connectivity index (χ4n) is 2.85. The van der Waals surface area contributed by atoms with Crippen LogP contribution in [0.1, 0.15) is 23.2 Å². The Morgan fingerprint density at radius 1 is 1.38 bits per heavy atom. The van der Waals surface area contributed by atoms with Crippen molar-refractivity contribution in [3.8, 4) is 11.5 Å². The highest BCUT2D eigenvalue weighted by molar-refractivity contribution is 5.97. The van der Waals surface area contributed by atoms with E-state index in [1.807, 2.05) is 11.9 Å². The van der Waals surface area contributed by atoms with Crippen LogP contribution in [0.3, 0.4) is 0 Å². The molecule has 1 aromatic carbocycles. The molecule has 0 radical (unpaired) electrons. The van der Waals surface area contributed by atoms with Gasteiger partial charge in [-0.25, -0.2) is 0 Å². The molecule has 21 heavy (non-hydrogen) atoms. The van der Waals surface area contributed by atoms with Crippen molar-refractivity contribution in [2.75, 3.05) is 40.9 Å². The van der Waals surface area contributed by atoms with Crippen LogP contribution < -0.4 is 14.8 Å². The molecule has 0 saturated carbocycles. The van der Waals surface area contributed by atoms with Crippen molar-refractivity contribution in [2.45, 2.75) is 12.8 Å². The van der Waals surface area contributed by atoms with Crippen LogP contribution >= 0.6 is 0 Å². The lowest BCUT2D eigenvalue weighted by Gasteiger charge is -2.33. The molecule has 2 rings (SSSR count). The van der Waals surface area contributed by atoms with E-state index < -0.39 is 0 Å². The topological polar surface area (TPSA) is 50.8 Å². The third-order valence-corrected chi connectivity index (χ3v) is 3.94. The van der Waals surface area contributed by atoms with E-state index in [1.165, 1.54) is 6.42 Å². The van der Waals surface area contributed by atoms with Crippen LogP contribution in [0, 0.1) is 5.92 Å². The van der Waals surface area contributed by atoms with Gasteiger partial charge in [0.25, 0.3) is 5.91 Å². The molecule has 0 aliphatic carbocycles. The van der Waals surface area contributed by atoms with E-state index in [1.54, 1.807) is 32.4 Å². The Bertz CT molecular complexity index is 488. The summed E-state index contributed by atoms with van der Waals surface area (Å²) in [5.74, 6) is 1.82. The van der Waals surface area contributed by atoms with Crippen molar-refractivity contribution in [3.63, 3.8) is 0 Å². The van der Waals surface area contributed by atoms with Crippen molar-refractivity contribution in [1.82, 2.24) is 10.2 Å². The Kier molecular flexibility index (Phi) is 5.44. The third kappa shape index (κ3) is 3.67. The summed E-state index contributed by atoms with van der Waals surface area (Å²) < 4.78 is 10.5. The van der Waals surface area contributed by atoms with Gasteiger partial charge in [-0.05, 0) is 44.5 Å². The average Bonchev–Trinajstić information content (AvgIpc) is 2.54. The number of piperidine rings is 1. The van der Waals surface area contributed by atoms with Gasteiger partial charge in [-0.3, -0.25) is 4.79 Å². The van der Waals surface area contributed by atoms with Crippen LogP contribution in [0.4, 0.5) is 0 Å². The lowest BCUT2D eigenvalue weighted by Crippen LogP contribution is -2.42. The number of nitrogens with one attached hydrogen (secondary N) is 1. The highest BCUT2D eigenvalue weighted by Gasteiger charge is 2.26. The van der Waals surface area contributed by atoms with E-state index in [4.69, 9.17) is 9.47 Å². The Balaban J connectivity index is 2.15. The van der Waals surface area contributed by atoms with Gasteiger partial charge in [0.05, 0.1) is 19.8 Å². The van der Waals surface area contributed by atoms with Gasteiger partial charge in [0.2, 0.25) is 0 Å².